The van der Waals surface area contributed by atoms with E-state index in [0.29, 0.717) is 19.3 Å². The highest BCUT2D eigenvalue weighted by Gasteiger charge is 2.85. The van der Waals surface area contributed by atoms with Gasteiger partial charge in [0.1, 0.15) is 17.8 Å². The molecule has 0 aromatic rings. The molecule has 170 valence electrons. The van der Waals surface area contributed by atoms with E-state index in [9.17, 15) is 24.3 Å². The fourth-order valence-corrected chi connectivity index (χ4v) is 8.19. The summed E-state index contributed by atoms with van der Waals surface area (Å²) in [6.45, 7) is 8.62. The number of ether oxygens (including phenoxy) is 2. The van der Waals surface area contributed by atoms with Crippen molar-refractivity contribution in [2.45, 2.75) is 60.0 Å². The van der Waals surface area contributed by atoms with Crippen molar-refractivity contribution < 1.29 is 33.8 Å². The zero-order valence-corrected chi connectivity index (χ0v) is 18.8. The minimum absolute atomic E-state index is 0.00364. The van der Waals surface area contributed by atoms with Crippen molar-refractivity contribution >= 4 is 24.2 Å². The average molecular weight is 433 g/mol. The number of hydrogen-bond donors (Lipinski definition) is 1. The molecule has 0 radical (unpaired) electrons. The Hall–Kier alpha value is -2.18. The van der Waals surface area contributed by atoms with Crippen LogP contribution in [0.2, 0.25) is 0 Å². The van der Waals surface area contributed by atoms with E-state index in [1.165, 1.54) is 13.8 Å². The first-order chi connectivity index (χ1) is 14.5. The maximum atomic E-state index is 13.2. The number of rotatable bonds is 6. The Bertz CT molecular complexity index is 875. The molecule has 4 aliphatic rings. The highest BCUT2D eigenvalue weighted by atomic mass is 16.5. The number of hydrogen-bond acceptors (Lipinski definition) is 6. The highest BCUT2D eigenvalue weighted by Crippen LogP contribution is 2.82. The van der Waals surface area contributed by atoms with E-state index in [1.54, 1.807) is 0 Å². The molecule has 4 unspecified atom stereocenters. The van der Waals surface area contributed by atoms with Crippen LogP contribution in [0.5, 0.6) is 0 Å². The Kier molecular flexibility index (Phi) is 4.91. The summed E-state index contributed by atoms with van der Waals surface area (Å²) in [4.78, 5) is 49.7. The lowest BCUT2D eigenvalue weighted by molar-refractivity contribution is -0.188. The van der Waals surface area contributed by atoms with Gasteiger partial charge >= 0.3 is 17.9 Å². The third-order valence-corrected chi connectivity index (χ3v) is 9.06. The van der Waals surface area contributed by atoms with E-state index in [2.05, 4.69) is 6.08 Å². The van der Waals surface area contributed by atoms with Crippen LogP contribution in [-0.4, -0.2) is 42.0 Å². The Labute approximate surface area is 182 Å². The van der Waals surface area contributed by atoms with Gasteiger partial charge in [-0.05, 0) is 48.9 Å². The van der Waals surface area contributed by atoms with Crippen molar-refractivity contribution in [3.05, 3.63) is 11.6 Å². The molecule has 8 atom stereocenters. The van der Waals surface area contributed by atoms with Crippen molar-refractivity contribution in [2.75, 3.05) is 6.61 Å². The second kappa shape index (κ2) is 6.91. The zero-order valence-electron chi connectivity index (χ0n) is 18.8. The van der Waals surface area contributed by atoms with Gasteiger partial charge in [0.15, 0.2) is 0 Å². The number of carboxylic acid groups (broad SMARTS) is 1. The van der Waals surface area contributed by atoms with E-state index >= 15 is 0 Å². The Balaban J connectivity index is 1.92. The summed E-state index contributed by atoms with van der Waals surface area (Å²) in [6, 6.07) is 0. The minimum atomic E-state index is -1.41. The summed E-state index contributed by atoms with van der Waals surface area (Å²) in [5.41, 5.74) is -2.62. The molecule has 0 aliphatic heterocycles. The lowest BCUT2D eigenvalue weighted by atomic mass is 9.43. The van der Waals surface area contributed by atoms with Gasteiger partial charge in [-0.3, -0.25) is 14.4 Å². The first-order valence-electron chi connectivity index (χ1n) is 11.2. The Morgan fingerprint density at radius 1 is 1.23 bits per heavy atom. The number of aldehydes is 1. The number of aliphatic carboxylic acids is 1. The quantitative estimate of drug-likeness (QED) is 0.390. The second-order valence-electron chi connectivity index (χ2n) is 10.5. The van der Waals surface area contributed by atoms with Crippen LogP contribution in [0, 0.1) is 45.8 Å². The summed E-state index contributed by atoms with van der Waals surface area (Å²) in [5.74, 6) is -2.21. The Morgan fingerprint density at radius 2 is 1.90 bits per heavy atom. The van der Waals surface area contributed by atoms with Gasteiger partial charge in [0, 0.05) is 19.3 Å². The largest absolute Gasteiger partial charge is 0.481 e. The number of allylic oxidation sites excluding steroid dienone is 1. The lowest BCUT2D eigenvalue weighted by Crippen LogP contribution is -2.63. The standard InChI is InChI=1S/C24H32O7/c1-12(2)18-6-16-8-22(10-25)19-7-20(31-15(5)27)13(3)17(19)9-23(16,11-30-14(4)26)24(18,22)21(28)29/h6,10,12-13,16-17,19-20H,7-9,11H2,1-5H3,(H,28,29)/t13?,16-,17?,19?,20?,22+,23+,24+/m1/s1. The van der Waals surface area contributed by atoms with Crippen molar-refractivity contribution in [3.63, 3.8) is 0 Å². The summed E-state index contributed by atoms with van der Waals surface area (Å²) in [5, 5.41) is 10.8. The van der Waals surface area contributed by atoms with Gasteiger partial charge in [0.2, 0.25) is 0 Å². The molecule has 0 saturated heterocycles. The van der Waals surface area contributed by atoms with Gasteiger partial charge in [-0.1, -0.05) is 32.4 Å². The van der Waals surface area contributed by atoms with Crippen LogP contribution in [0.15, 0.2) is 11.6 Å². The fraction of sp³-hybridized carbons (Fsp3) is 0.750. The molecule has 4 aliphatic carbocycles. The molecule has 4 bridgehead atoms. The SMILES string of the molecule is CC(=O)OC[C@@]12CC3C(C)C(OC(C)=O)CC3[C@@]3(C=O)C[C@H]1C=C(C(C)C)[C@@]23C(=O)O. The van der Waals surface area contributed by atoms with Gasteiger partial charge in [-0.15, -0.1) is 0 Å². The smallest absolute Gasteiger partial charge is 0.315 e. The maximum absolute atomic E-state index is 13.2. The minimum Gasteiger partial charge on any atom is -0.481 e. The number of carbonyl (C=O) groups excluding carboxylic acids is 3. The molecular formula is C24H32O7. The third kappa shape index (κ3) is 2.46. The molecule has 4 rings (SSSR count). The monoisotopic (exact) mass is 432 g/mol. The summed E-state index contributed by atoms with van der Waals surface area (Å²) in [7, 11) is 0. The molecule has 0 heterocycles. The number of esters is 2. The van der Waals surface area contributed by atoms with Crippen molar-refractivity contribution in [3.8, 4) is 0 Å². The van der Waals surface area contributed by atoms with E-state index in [1.807, 2.05) is 20.8 Å². The topological polar surface area (TPSA) is 107 Å². The van der Waals surface area contributed by atoms with Crippen LogP contribution in [0.25, 0.3) is 0 Å². The molecule has 0 amide bonds. The van der Waals surface area contributed by atoms with Gasteiger partial charge in [0.25, 0.3) is 0 Å². The molecule has 0 spiro atoms. The molecular weight excluding hydrogens is 400 g/mol. The van der Waals surface area contributed by atoms with Crippen molar-refractivity contribution in [1.82, 2.24) is 0 Å². The van der Waals surface area contributed by atoms with Crippen LogP contribution >= 0.6 is 0 Å². The van der Waals surface area contributed by atoms with Crippen LogP contribution in [0.1, 0.15) is 53.9 Å². The number of carboxylic acids is 1. The molecule has 31 heavy (non-hydrogen) atoms. The third-order valence-electron chi connectivity index (χ3n) is 9.06. The maximum Gasteiger partial charge on any atom is 0.315 e. The lowest BCUT2D eigenvalue weighted by Gasteiger charge is -2.57. The van der Waals surface area contributed by atoms with Crippen LogP contribution in [0.3, 0.4) is 0 Å². The second-order valence-corrected chi connectivity index (χ2v) is 10.5. The first kappa shape index (κ1) is 22.0. The predicted octanol–water partition coefficient (Wildman–Crippen LogP) is 3.02. The zero-order chi connectivity index (χ0) is 22.9. The molecule has 7 heteroatoms. The van der Waals surface area contributed by atoms with Gasteiger partial charge in [-0.25, -0.2) is 0 Å². The van der Waals surface area contributed by atoms with E-state index in [-0.39, 0.29) is 48.3 Å². The van der Waals surface area contributed by atoms with E-state index < -0.39 is 28.2 Å². The Morgan fingerprint density at radius 3 is 2.42 bits per heavy atom. The van der Waals surface area contributed by atoms with E-state index in [0.717, 1.165) is 11.9 Å². The van der Waals surface area contributed by atoms with Crippen molar-refractivity contribution in [2.24, 2.45) is 45.8 Å². The summed E-state index contributed by atoms with van der Waals surface area (Å²) >= 11 is 0. The molecule has 1 N–H and O–H groups in total. The molecule has 0 aromatic heterocycles. The summed E-state index contributed by atoms with van der Waals surface area (Å²) in [6.07, 6.45) is 4.05. The van der Waals surface area contributed by atoms with Crippen molar-refractivity contribution in [1.29, 1.82) is 0 Å². The number of carbonyl (C=O) groups is 4. The van der Waals surface area contributed by atoms with Gasteiger partial charge in [-0.2, -0.15) is 0 Å². The predicted molar refractivity (Wildman–Crippen MR) is 110 cm³/mol. The first-order valence-corrected chi connectivity index (χ1v) is 11.2. The van der Waals surface area contributed by atoms with Crippen LogP contribution in [0.4, 0.5) is 0 Å². The molecule has 7 nitrogen and oxygen atoms in total. The molecule has 3 saturated carbocycles. The summed E-state index contributed by atoms with van der Waals surface area (Å²) < 4.78 is 11.1. The highest BCUT2D eigenvalue weighted by molar-refractivity contribution is 5.90. The van der Waals surface area contributed by atoms with Crippen LogP contribution in [-0.2, 0) is 28.7 Å². The van der Waals surface area contributed by atoms with E-state index in [4.69, 9.17) is 9.47 Å². The van der Waals surface area contributed by atoms with Gasteiger partial charge < -0.3 is 19.4 Å². The normalized spacial score (nSPS) is 44.6. The fourth-order valence-electron chi connectivity index (χ4n) is 8.19. The molecule has 0 aromatic carbocycles. The van der Waals surface area contributed by atoms with Gasteiger partial charge in [0.05, 0.1) is 12.0 Å². The molecule has 3 fully saturated rings. The number of fused-ring (bicyclic) bond motifs is 2. The average Bonchev–Trinajstić information content (AvgIpc) is 3.21. The van der Waals surface area contributed by atoms with Crippen LogP contribution < -0.4 is 0 Å².